The minimum atomic E-state index is 0.140. The molecule has 1 amide bonds. The Kier molecular flexibility index (Phi) is 3.56. The summed E-state index contributed by atoms with van der Waals surface area (Å²) in [5, 5.41) is 0. The van der Waals surface area contributed by atoms with E-state index in [-0.39, 0.29) is 5.91 Å². The Balaban J connectivity index is 1.73. The highest BCUT2D eigenvalue weighted by molar-refractivity contribution is 9.10. The lowest BCUT2D eigenvalue weighted by atomic mass is 10.1. The van der Waals surface area contributed by atoms with E-state index in [2.05, 4.69) is 25.9 Å². The molecule has 5 nitrogen and oxygen atoms in total. The van der Waals surface area contributed by atoms with Gasteiger partial charge in [-0.3, -0.25) is 9.78 Å². The number of halogens is 1. The fourth-order valence-electron chi connectivity index (χ4n) is 2.46. The first-order valence-corrected chi connectivity index (χ1v) is 7.31. The third kappa shape index (κ3) is 2.47. The molecule has 0 N–H and O–H groups in total. The summed E-state index contributed by atoms with van der Waals surface area (Å²) >= 11 is 3.43. The zero-order valence-corrected chi connectivity index (χ0v) is 12.8. The predicted molar refractivity (Wildman–Crippen MR) is 78.0 cm³/mol. The molecule has 6 heteroatoms. The summed E-state index contributed by atoms with van der Waals surface area (Å²) in [6.45, 7) is 1.36. The third-order valence-electron chi connectivity index (χ3n) is 3.63. The summed E-state index contributed by atoms with van der Waals surface area (Å²) in [5.41, 5.74) is 3.15. The van der Waals surface area contributed by atoms with Gasteiger partial charge in [0.1, 0.15) is 0 Å². The Morgan fingerprint density at radius 1 is 1.50 bits per heavy atom. The van der Waals surface area contributed by atoms with Crippen LogP contribution >= 0.6 is 15.9 Å². The van der Waals surface area contributed by atoms with Crippen LogP contribution in [-0.2, 0) is 31.2 Å². The van der Waals surface area contributed by atoms with Gasteiger partial charge in [-0.1, -0.05) is 6.07 Å². The van der Waals surface area contributed by atoms with E-state index in [0.29, 0.717) is 13.0 Å². The monoisotopic (exact) mass is 334 g/mol. The first-order valence-electron chi connectivity index (χ1n) is 6.52. The van der Waals surface area contributed by atoms with Gasteiger partial charge >= 0.3 is 0 Å². The molecular weight excluding hydrogens is 320 g/mol. The third-order valence-corrected chi connectivity index (χ3v) is 4.34. The molecule has 0 atom stereocenters. The van der Waals surface area contributed by atoms with Gasteiger partial charge in [0.2, 0.25) is 5.91 Å². The second kappa shape index (κ2) is 5.36. The van der Waals surface area contributed by atoms with Crippen molar-refractivity contribution in [2.45, 2.75) is 19.4 Å². The molecular formula is C14H15BrN4O. The summed E-state index contributed by atoms with van der Waals surface area (Å²) in [7, 11) is 1.96. The highest BCUT2D eigenvalue weighted by Crippen LogP contribution is 2.22. The van der Waals surface area contributed by atoms with Gasteiger partial charge in [0.05, 0.1) is 24.4 Å². The molecule has 3 heterocycles. The number of carbonyl (C=O) groups excluding carboxylic acids is 1. The van der Waals surface area contributed by atoms with E-state index in [1.807, 2.05) is 28.6 Å². The van der Waals surface area contributed by atoms with Crippen LogP contribution in [0.1, 0.15) is 17.0 Å². The van der Waals surface area contributed by atoms with Crippen molar-refractivity contribution in [3.8, 4) is 0 Å². The minimum absolute atomic E-state index is 0.140. The molecule has 20 heavy (non-hydrogen) atoms. The van der Waals surface area contributed by atoms with Gasteiger partial charge in [0.15, 0.2) is 4.73 Å². The lowest BCUT2D eigenvalue weighted by molar-refractivity contribution is -0.131. The largest absolute Gasteiger partial charge is 0.336 e. The van der Waals surface area contributed by atoms with Crippen molar-refractivity contribution >= 4 is 21.8 Å². The number of fused-ring (bicyclic) bond motifs is 1. The summed E-state index contributed by atoms with van der Waals surface area (Å²) < 4.78 is 2.82. The van der Waals surface area contributed by atoms with E-state index in [4.69, 9.17) is 0 Å². The van der Waals surface area contributed by atoms with Crippen molar-refractivity contribution < 1.29 is 4.79 Å². The molecule has 1 aliphatic heterocycles. The molecule has 2 aromatic heterocycles. The van der Waals surface area contributed by atoms with E-state index in [1.165, 1.54) is 0 Å². The van der Waals surface area contributed by atoms with Crippen molar-refractivity contribution in [1.29, 1.82) is 0 Å². The number of imidazole rings is 1. The van der Waals surface area contributed by atoms with Crippen molar-refractivity contribution in [3.63, 3.8) is 0 Å². The summed E-state index contributed by atoms with van der Waals surface area (Å²) in [6.07, 6.45) is 4.68. The fourth-order valence-corrected chi connectivity index (χ4v) is 2.88. The molecule has 0 spiro atoms. The number of carbonyl (C=O) groups is 1. The summed E-state index contributed by atoms with van der Waals surface area (Å²) in [6, 6.07) is 3.79. The first kappa shape index (κ1) is 13.3. The number of nitrogens with zero attached hydrogens (tertiary/aromatic N) is 4. The van der Waals surface area contributed by atoms with E-state index < -0.39 is 0 Å². The molecule has 1 aliphatic rings. The number of amides is 1. The lowest BCUT2D eigenvalue weighted by Crippen LogP contribution is -2.37. The average Bonchev–Trinajstić information content (AvgIpc) is 2.75. The first-order chi connectivity index (χ1) is 9.65. The zero-order valence-electron chi connectivity index (χ0n) is 11.2. The molecule has 0 aliphatic carbocycles. The lowest BCUT2D eigenvalue weighted by Gasteiger charge is -2.27. The van der Waals surface area contributed by atoms with Gasteiger partial charge in [-0.2, -0.15) is 0 Å². The summed E-state index contributed by atoms with van der Waals surface area (Å²) in [4.78, 5) is 22.7. The maximum atomic E-state index is 12.4. The van der Waals surface area contributed by atoms with Crippen LogP contribution in [0.5, 0.6) is 0 Å². The highest BCUT2D eigenvalue weighted by Gasteiger charge is 2.25. The Bertz CT molecular complexity index is 638. The maximum absolute atomic E-state index is 12.4. The fraction of sp³-hybridized carbons (Fsp3) is 0.357. The number of aromatic nitrogens is 3. The highest BCUT2D eigenvalue weighted by atomic mass is 79.9. The molecule has 0 saturated carbocycles. The molecule has 3 rings (SSSR count). The summed E-state index contributed by atoms with van der Waals surface area (Å²) in [5.74, 6) is 0.140. The van der Waals surface area contributed by atoms with Crippen LogP contribution < -0.4 is 0 Å². The number of hydrogen-bond donors (Lipinski definition) is 0. The average molecular weight is 335 g/mol. The van der Waals surface area contributed by atoms with Crippen LogP contribution in [0.15, 0.2) is 29.3 Å². The SMILES string of the molecule is Cn1c(Br)nc2c1CN(C(=O)Cc1cccnc1)CC2. The standard InChI is InChI=1S/C14H15BrN4O/c1-18-12-9-19(6-4-11(12)17-14(18)15)13(20)7-10-3-2-5-16-8-10/h2-3,5,8H,4,6-7,9H2,1H3. The van der Waals surface area contributed by atoms with E-state index >= 15 is 0 Å². The molecule has 0 aromatic carbocycles. The Morgan fingerprint density at radius 3 is 3.10 bits per heavy atom. The second-order valence-corrected chi connectivity index (χ2v) is 5.65. The van der Waals surface area contributed by atoms with Gasteiger partial charge in [-0.25, -0.2) is 4.98 Å². The predicted octanol–water partition coefficient (Wildman–Crippen LogP) is 1.70. The molecule has 0 unspecified atom stereocenters. The molecule has 0 fully saturated rings. The molecule has 104 valence electrons. The number of pyridine rings is 1. The molecule has 0 saturated heterocycles. The number of rotatable bonds is 2. The van der Waals surface area contributed by atoms with E-state index in [9.17, 15) is 4.79 Å². The Morgan fingerprint density at radius 2 is 2.35 bits per heavy atom. The quantitative estimate of drug-likeness (QED) is 0.840. The van der Waals surface area contributed by atoms with Crippen LogP contribution in [-0.4, -0.2) is 31.9 Å². The van der Waals surface area contributed by atoms with Crippen LogP contribution in [0.25, 0.3) is 0 Å². The maximum Gasteiger partial charge on any atom is 0.227 e. The Hall–Kier alpha value is -1.69. The van der Waals surface area contributed by atoms with Crippen molar-refractivity contribution in [2.24, 2.45) is 7.05 Å². The van der Waals surface area contributed by atoms with Crippen molar-refractivity contribution in [1.82, 2.24) is 19.4 Å². The second-order valence-electron chi connectivity index (χ2n) is 4.94. The smallest absolute Gasteiger partial charge is 0.227 e. The van der Waals surface area contributed by atoms with Crippen LogP contribution in [0.4, 0.5) is 0 Å². The van der Waals surface area contributed by atoms with Gasteiger partial charge < -0.3 is 9.47 Å². The van der Waals surface area contributed by atoms with E-state index in [1.54, 1.807) is 12.4 Å². The Labute approximate surface area is 125 Å². The van der Waals surface area contributed by atoms with Crippen molar-refractivity contribution in [2.75, 3.05) is 6.54 Å². The minimum Gasteiger partial charge on any atom is -0.336 e. The molecule has 0 radical (unpaired) electrons. The van der Waals surface area contributed by atoms with Crippen LogP contribution in [0.3, 0.4) is 0 Å². The van der Waals surface area contributed by atoms with Crippen LogP contribution in [0.2, 0.25) is 0 Å². The molecule has 0 bridgehead atoms. The number of hydrogen-bond acceptors (Lipinski definition) is 3. The zero-order chi connectivity index (χ0) is 14.1. The van der Waals surface area contributed by atoms with Gasteiger partial charge in [0, 0.05) is 32.4 Å². The van der Waals surface area contributed by atoms with E-state index in [0.717, 1.165) is 34.7 Å². The normalized spacial score (nSPS) is 14.2. The molecule has 2 aromatic rings. The van der Waals surface area contributed by atoms with Gasteiger partial charge in [0.25, 0.3) is 0 Å². The van der Waals surface area contributed by atoms with Crippen molar-refractivity contribution in [3.05, 3.63) is 46.2 Å². The van der Waals surface area contributed by atoms with Gasteiger partial charge in [-0.15, -0.1) is 0 Å². The van der Waals surface area contributed by atoms with Crippen LogP contribution in [0, 0.1) is 0 Å². The topological polar surface area (TPSA) is 51.0 Å². The van der Waals surface area contributed by atoms with Gasteiger partial charge in [-0.05, 0) is 27.6 Å².